The minimum absolute atomic E-state index is 0.282. The van der Waals surface area contributed by atoms with Crippen LogP contribution in [0.15, 0.2) is 12.1 Å². The first-order valence-corrected chi connectivity index (χ1v) is 7.01. The van der Waals surface area contributed by atoms with Gasteiger partial charge in [0.15, 0.2) is 0 Å². The number of rotatable bonds is 4. The molecule has 1 aliphatic rings. The van der Waals surface area contributed by atoms with Crippen LogP contribution in [0.2, 0.25) is 0 Å². The van der Waals surface area contributed by atoms with Crippen molar-refractivity contribution in [3.8, 4) is 0 Å². The topological polar surface area (TPSA) is 32.3 Å². The van der Waals surface area contributed by atoms with Crippen molar-refractivity contribution >= 4 is 17.2 Å². The quantitative estimate of drug-likeness (QED) is 0.886. The molecule has 0 radical (unpaired) electrons. The Bertz CT molecular complexity index is 389. The predicted molar refractivity (Wildman–Crippen MR) is 71.4 cm³/mol. The molecule has 1 N–H and O–H groups in total. The zero-order valence-corrected chi connectivity index (χ0v) is 11.3. The number of amides is 1. The Morgan fingerprint density at radius 3 is 3.06 bits per heavy atom. The Morgan fingerprint density at radius 2 is 2.41 bits per heavy atom. The maximum Gasteiger partial charge on any atom is 0.228 e. The van der Waals surface area contributed by atoms with Gasteiger partial charge in [-0.2, -0.15) is 0 Å². The van der Waals surface area contributed by atoms with Crippen LogP contribution in [-0.2, 0) is 11.2 Å². The molecule has 0 unspecified atom stereocenters. The summed E-state index contributed by atoms with van der Waals surface area (Å²) in [5.74, 6) is 0.282. The summed E-state index contributed by atoms with van der Waals surface area (Å²) in [7, 11) is 1.95. The smallest absolute Gasteiger partial charge is 0.228 e. The number of nitrogens with zero attached hydrogens (tertiary/aromatic N) is 1. The molecule has 1 aromatic heterocycles. The number of hydrogen-bond acceptors (Lipinski definition) is 3. The number of aryl methyl sites for hydroxylation is 1. The molecule has 1 aromatic rings. The first kappa shape index (κ1) is 12.6. The second-order valence-electron chi connectivity index (χ2n) is 4.63. The van der Waals surface area contributed by atoms with Crippen LogP contribution >= 0.6 is 11.3 Å². The molecule has 1 atom stereocenters. The van der Waals surface area contributed by atoms with Crippen LogP contribution in [-0.4, -0.2) is 37.0 Å². The molecule has 1 aliphatic heterocycles. The molecule has 0 spiro atoms. The summed E-state index contributed by atoms with van der Waals surface area (Å²) in [6.07, 6.45) is 2.84. The number of likely N-dealkylation sites (tertiary alicyclic amines) is 1. The highest BCUT2D eigenvalue weighted by molar-refractivity contribution is 7.12. The van der Waals surface area contributed by atoms with Crippen molar-refractivity contribution in [2.24, 2.45) is 0 Å². The van der Waals surface area contributed by atoms with E-state index in [1.165, 1.54) is 9.75 Å². The molecule has 0 aliphatic carbocycles. The molecule has 4 heteroatoms. The Balaban J connectivity index is 1.95. The van der Waals surface area contributed by atoms with Crippen molar-refractivity contribution < 1.29 is 4.79 Å². The van der Waals surface area contributed by atoms with E-state index in [2.05, 4.69) is 24.4 Å². The minimum Gasteiger partial charge on any atom is -0.338 e. The minimum atomic E-state index is 0.282. The van der Waals surface area contributed by atoms with Gasteiger partial charge in [0.25, 0.3) is 0 Å². The standard InChI is InChI=1S/C13H20N2OS/c1-10-5-6-12(17-10)8-13(16)15-7-3-4-11(15)9-14-2/h5-6,11,14H,3-4,7-9H2,1-2H3/t11-/m0/s1. The summed E-state index contributed by atoms with van der Waals surface area (Å²) in [6.45, 7) is 3.92. The van der Waals surface area contributed by atoms with Gasteiger partial charge in [-0.1, -0.05) is 0 Å². The first-order chi connectivity index (χ1) is 8.20. The Hall–Kier alpha value is -0.870. The number of likely N-dealkylation sites (N-methyl/N-ethyl adjacent to an activating group) is 1. The van der Waals surface area contributed by atoms with Crippen LogP contribution in [0.3, 0.4) is 0 Å². The number of carbonyl (C=O) groups is 1. The predicted octanol–water partition coefficient (Wildman–Crippen LogP) is 1.81. The van der Waals surface area contributed by atoms with Gasteiger partial charge in [-0.25, -0.2) is 0 Å². The van der Waals surface area contributed by atoms with Crippen LogP contribution < -0.4 is 5.32 Å². The molecule has 0 bridgehead atoms. The van der Waals surface area contributed by atoms with Crippen molar-refractivity contribution in [2.45, 2.75) is 32.2 Å². The Labute approximate surface area is 107 Å². The largest absolute Gasteiger partial charge is 0.338 e. The van der Waals surface area contributed by atoms with Gasteiger partial charge < -0.3 is 10.2 Å². The van der Waals surface area contributed by atoms with E-state index in [0.717, 1.165) is 25.9 Å². The molecule has 1 fully saturated rings. The van der Waals surface area contributed by atoms with Gasteiger partial charge in [0.1, 0.15) is 0 Å². The van der Waals surface area contributed by atoms with Gasteiger partial charge in [0.2, 0.25) is 5.91 Å². The van der Waals surface area contributed by atoms with Gasteiger partial charge in [0, 0.05) is 28.9 Å². The molecular formula is C13H20N2OS. The lowest BCUT2D eigenvalue weighted by Crippen LogP contribution is -2.41. The molecule has 94 valence electrons. The molecule has 2 rings (SSSR count). The number of thiophene rings is 1. The third-order valence-corrected chi connectivity index (χ3v) is 4.26. The summed E-state index contributed by atoms with van der Waals surface area (Å²) >= 11 is 1.73. The van der Waals surface area contributed by atoms with E-state index >= 15 is 0 Å². The lowest BCUT2D eigenvalue weighted by atomic mass is 10.2. The SMILES string of the molecule is CNC[C@@H]1CCCN1C(=O)Cc1ccc(C)s1. The van der Waals surface area contributed by atoms with Crippen molar-refractivity contribution in [3.63, 3.8) is 0 Å². The first-order valence-electron chi connectivity index (χ1n) is 6.20. The van der Waals surface area contributed by atoms with Gasteiger partial charge in [0.05, 0.1) is 6.42 Å². The highest BCUT2D eigenvalue weighted by Gasteiger charge is 2.27. The summed E-state index contributed by atoms with van der Waals surface area (Å²) < 4.78 is 0. The second-order valence-corrected chi connectivity index (χ2v) is 6.00. The lowest BCUT2D eigenvalue weighted by Gasteiger charge is -2.24. The van der Waals surface area contributed by atoms with E-state index in [-0.39, 0.29) is 5.91 Å². The fraction of sp³-hybridized carbons (Fsp3) is 0.615. The van der Waals surface area contributed by atoms with Crippen LogP contribution in [0.1, 0.15) is 22.6 Å². The summed E-state index contributed by atoms with van der Waals surface area (Å²) in [5.41, 5.74) is 0. The van der Waals surface area contributed by atoms with E-state index in [4.69, 9.17) is 0 Å². The molecule has 17 heavy (non-hydrogen) atoms. The maximum atomic E-state index is 12.2. The Morgan fingerprint density at radius 1 is 1.59 bits per heavy atom. The van der Waals surface area contributed by atoms with E-state index in [1.807, 2.05) is 11.9 Å². The highest BCUT2D eigenvalue weighted by Crippen LogP contribution is 2.21. The third kappa shape index (κ3) is 3.07. The van der Waals surface area contributed by atoms with Gasteiger partial charge in [-0.15, -0.1) is 11.3 Å². The van der Waals surface area contributed by atoms with Gasteiger partial charge in [-0.05, 0) is 38.9 Å². The van der Waals surface area contributed by atoms with Crippen molar-refractivity contribution in [3.05, 3.63) is 21.9 Å². The molecule has 3 nitrogen and oxygen atoms in total. The van der Waals surface area contributed by atoms with E-state index in [1.54, 1.807) is 11.3 Å². The Kier molecular flexibility index (Phi) is 4.18. The van der Waals surface area contributed by atoms with Crippen LogP contribution in [0.25, 0.3) is 0 Å². The number of hydrogen-bond donors (Lipinski definition) is 1. The fourth-order valence-corrected chi connectivity index (χ4v) is 3.32. The molecular weight excluding hydrogens is 232 g/mol. The van der Waals surface area contributed by atoms with E-state index in [9.17, 15) is 4.79 Å². The highest BCUT2D eigenvalue weighted by atomic mass is 32.1. The zero-order chi connectivity index (χ0) is 12.3. The molecule has 2 heterocycles. The van der Waals surface area contributed by atoms with Crippen molar-refractivity contribution in [2.75, 3.05) is 20.1 Å². The van der Waals surface area contributed by atoms with E-state index < -0.39 is 0 Å². The zero-order valence-electron chi connectivity index (χ0n) is 10.5. The number of nitrogens with one attached hydrogen (secondary N) is 1. The van der Waals surface area contributed by atoms with Gasteiger partial charge in [-0.3, -0.25) is 4.79 Å². The van der Waals surface area contributed by atoms with Crippen molar-refractivity contribution in [1.29, 1.82) is 0 Å². The molecule has 1 saturated heterocycles. The van der Waals surface area contributed by atoms with Crippen LogP contribution in [0.5, 0.6) is 0 Å². The maximum absolute atomic E-state index is 12.2. The van der Waals surface area contributed by atoms with E-state index in [0.29, 0.717) is 12.5 Å². The van der Waals surface area contributed by atoms with Crippen molar-refractivity contribution in [1.82, 2.24) is 10.2 Å². The lowest BCUT2D eigenvalue weighted by molar-refractivity contribution is -0.131. The molecule has 0 saturated carbocycles. The average Bonchev–Trinajstić information content (AvgIpc) is 2.88. The van der Waals surface area contributed by atoms with Crippen LogP contribution in [0.4, 0.5) is 0 Å². The summed E-state index contributed by atoms with van der Waals surface area (Å²) in [5, 5.41) is 3.17. The summed E-state index contributed by atoms with van der Waals surface area (Å²) in [6, 6.07) is 4.55. The molecule has 1 amide bonds. The van der Waals surface area contributed by atoms with Gasteiger partial charge >= 0.3 is 0 Å². The number of carbonyl (C=O) groups excluding carboxylic acids is 1. The third-order valence-electron chi connectivity index (χ3n) is 3.26. The molecule has 0 aromatic carbocycles. The van der Waals surface area contributed by atoms with Crippen LogP contribution in [0, 0.1) is 6.92 Å². The fourth-order valence-electron chi connectivity index (χ4n) is 2.44. The summed E-state index contributed by atoms with van der Waals surface area (Å²) in [4.78, 5) is 16.7. The monoisotopic (exact) mass is 252 g/mol. The average molecular weight is 252 g/mol. The normalized spacial score (nSPS) is 19.9. The second kappa shape index (κ2) is 5.65.